The molecule has 0 spiro atoms. The number of rotatable bonds is 2. The van der Waals surface area contributed by atoms with Gasteiger partial charge in [0, 0.05) is 22.4 Å². The van der Waals surface area contributed by atoms with Crippen molar-refractivity contribution in [3.05, 3.63) is 35.1 Å². The Bertz CT molecular complexity index is 426. The lowest BCUT2D eigenvalue weighted by Crippen LogP contribution is -1.86. The van der Waals surface area contributed by atoms with Crippen LogP contribution >= 0.6 is 15.9 Å². The molecular formula is C10H9BrN2O. The molecule has 0 aliphatic rings. The molecule has 1 aromatic carbocycles. The van der Waals surface area contributed by atoms with Crippen LogP contribution in [-0.4, -0.2) is 17.1 Å². The molecule has 2 aromatic rings. The number of aromatic nitrogens is 2. The summed E-state index contributed by atoms with van der Waals surface area (Å²) < 4.78 is 6.14. The van der Waals surface area contributed by atoms with Crippen LogP contribution in [0.2, 0.25) is 0 Å². The number of hydrogen-bond acceptors (Lipinski definition) is 2. The van der Waals surface area contributed by atoms with Gasteiger partial charge >= 0.3 is 0 Å². The van der Waals surface area contributed by atoms with E-state index in [0.29, 0.717) is 0 Å². The number of ether oxygens (including phenoxy) is 1. The monoisotopic (exact) mass is 252 g/mol. The third-order valence-corrected chi connectivity index (χ3v) is 2.62. The zero-order chi connectivity index (χ0) is 9.97. The summed E-state index contributed by atoms with van der Waals surface area (Å²) in [6, 6.07) is 5.77. The first-order chi connectivity index (χ1) is 6.81. The topological polar surface area (TPSA) is 37.9 Å². The smallest absolute Gasteiger partial charge is 0.138 e. The molecule has 0 saturated heterocycles. The van der Waals surface area contributed by atoms with Crippen LogP contribution in [0, 0.1) is 0 Å². The van der Waals surface area contributed by atoms with Gasteiger partial charge in [-0.2, -0.15) is 0 Å². The predicted octanol–water partition coefficient (Wildman–Crippen LogP) is 2.85. The minimum atomic E-state index is 0.819. The molecular weight excluding hydrogens is 244 g/mol. The van der Waals surface area contributed by atoms with Gasteiger partial charge in [-0.1, -0.05) is 15.9 Å². The van der Waals surface area contributed by atoms with E-state index in [-0.39, 0.29) is 0 Å². The highest BCUT2D eigenvalue weighted by atomic mass is 79.9. The fourth-order valence-electron chi connectivity index (χ4n) is 1.23. The molecule has 0 radical (unpaired) electrons. The summed E-state index contributed by atoms with van der Waals surface area (Å²) >= 11 is 3.47. The van der Waals surface area contributed by atoms with Gasteiger partial charge in [-0.25, -0.2) is 4.98 Å². The number of hydrogen-bond donors (Lipinski definition) is 1. The van der Waals surface area contributed by atoms with Crippen molar-refractivity contribution >= 4 is 15.9 Å². The molecule has 1 aromatic heterocycles. The van der Waals surface area contributed by atoms with E-state index in [0.717, 1.165) is 21.6 Å². The molecule has 0 aliphatic heterocycles. The maximum absolute atomic E-state index is 5.15. The maximum atomic E-state index is 5.15. The quantitative estimate of drug-likeness (QED) is 0.893. The first-order valence-electron chi connectivity index (χ1n) is 4.14. The first-order valence-corrected chi connectivity index (χ1v) is 4.94. The summed E-state index contributed by atoms with van der Waals surface area (Å²) in [6.07, 6.45) is 3.52. The highest BCUT2D eigenvalue weighted by Crippen LogP contribution is 2.29. The van der Waals surface area contributed by atoms with Gasteiger partial charge in [0.2, 0.25) is 0 Å². The molecule has 0 bridgehead atoms. The van der Waals surface area contributed by atoms with Crippen molar-refractivity contribution in [2.45, 2.75) is 0 Å². The second-order valence-electron chi connectivity index (χ2n) is 2.78. The fraction of sp³-hybridized carbons (Fsp3) is 0.100. The minimum absolute atomic E-state index is 0.819. The van der Waals surface area contributed by atoms with Crippen LogP contribution in [0.1, 0.15) is 0 Å². The van der Waals surface area contributed by atoms with Crippen molar-refractivity contribution in [3.8, 4) is 17.1 Å². The molecule has 1 heterocycles. The molecule has 14 heavy (non-hydrogen) atoms. The summed E-state index contributed by atoms with van der Waals surface area (Å²) in [5.41, 5.74) is 0.995. The van der Waals surface area contributed by atoms with Crippen molar-refractivity contribution in [2.75, 3.05) is 7.11 Å². The van der Waals surface area contributed by atoms with E-state index in [1.165, 1.54) is 0 Å². The van der Waals surface area contributed by atoms with Crippen LogP contribution in [0.3, 0.4) is 0 Å². The molecule has 0 fully saturated rings. The molecule has 0 amide bonds. The summed E-state index contributed by atoms with van der Waals surface area (Å²) in [5, 5.41) is 0. The van der Waals surface area contributed by atoms with E-state index in [9.17, 15) is 0 Å². The van der Waals surface area contributed by atoms with Gasteiger partial charge in [0.1, 0.15) is 11.6 Å². The Balaban J connectivity index is 2.51. The molecule has 0 aliphatic carbocycles. The van der Waals surface area contributed by atoms with Crippen LogP contribution < -0.4 is 4.74 Å². The fourth-order valence-corrected chi connectivity index (χ4v) is 1.66. The van der Waals surface area contributed by atoms with E-state index in [1.54, 1.807) is 19.5 Å². The zero-order valence-corrected chi connectivity index (χ0v) is 9.21. The molecule has 3 nitrogen and oxygen atoms in total. The third-order valence-electron chi connectivity index (χ3n) is 1.93. The SMILES string of the molecule is COc1ccc(Br)c(-c2ncc[nH]2)c1. The van der Waals surface area contributed by atoms with Gasteiger partial charge in [-0.05, 0) is 18.2 Å². The van der Waals surface area contributed by atoms with Gasteiger partial charge in [0.05, 0.1) is 7.11 Å². The summed E-state index contributed by atoms with van der Waals surface area (Å²) in [6.45, 7) is 0. The second-order valence-corrected chi connectivity index (χ2v) is 3.64. The molecule has 4 heteroatoms. The summed E-state index contributed by atoms with van der Waals surface area (Å²) in [4.78, 5) is 7.23. The number of nitrogens with one attached hydrogen (secondary N) is 1. The summed E-state index contributed by atoms with van der Waals surface area (Å²) in [7, 11) is 1.65. The van der Waals surface area contributed by atoms with Crippen molar-refractivity contribution < 1.29 is 4.74 Å². The number of imidazole rings is 1. The number of benzene rings is 1. The van der Waals surface area contributed by atoms with Crippen LogP contribution in [0.25, 0.3) is 11.4 Å². The molecule has 72 valence electrons. The largest absolute Gasteiger partial charge is 0.497 e. The zero-order valence-electron chi connectivity index (χ0n) is 7.62. The van der Waals surface area contributed by atoms with Crippen LogP contribution in [0.5, 0.6) is 5.75 Å². The van der Waals surface area contributed by atoms with Gasteiger partial charge in [-0.15, -0.1) is 0 Å². The van der Waals surface area contributed by atoms with E-state index < -0.39 is 0 Å². The number of aromatic amines is 1. The van der Waals surface area contributed by atoms with E-state index in [4.69, 9.17) is 4.74 Å². The molecule has 0 atom stereocenters. The van der Waals surface area contributed by atoms with Gasteiger partial charge in [-0.3, -0.25) is 0 Å². The Morgan fingerprint density at radius 1 is 1.43 bits per heavy atom. The standard InChI is InChI=1S/C10H9BrN2O/c1-14-7-2-3-9(11)8(6-7)10-12-4-5-13-10/h2-6H,1H3,(H,12,13). The minimum Gasteiger partial charge on any atom is -0.497 e. The number of methoxy groups -OCH3 is 1. The van der Waals surface area contributed by atoms with E-state index in [2.05, 4.69) is 25.9 Å². The van der Waals surface area contributed by atoms with Crippen LogP contribution in [-0.2, 0) is 0 Å². The Hall–Kier alpha value is -1.29. The molecule has 0 saturated carbocycles. The first kappa shape index (κ1) is 9.27. The second kappa shape index (κ2) is 3.84. The average molecular weight is 253 g/mol. The Kier molecular flexibility index (Phi) is 2.54. The lowest BCUT2D eigenvalue weighted by Gasteiger charge is -2.04. The third kappa shape index (κ3) is 1.65. The Labute approximate surface area is 90.3 Å². The lowest BCUT2D eigenvalue weighted by atomic mass is 10.2. The molecule has 1 N–H and O–H groups in total. The lowest BCUT2D eigenvalue weighted by molar-refractivity contribution is 0.415. The van der Waals surface area contributed by atoms with Crippen molar-refractivity contribution in [3.63, 3.8) is 0 Å². The van der Waals surface area contributed by atoms with Gasteiger partial charge in [0.25, 0.3) is 0 Å². The highest BCUT2D eigenvalue weighted by molar-refractivity contribution is 9.10. The van der Waals surface area contributed by atoms with Gasteiger partial charge in [0.15, 0.2) is 0 Å². The average Bonchev–Trinajstić information content (AvgIpc) is 2.71. The summed E-state index contributed by atoms with van der Waals surface area (Å²) in [5.74, 6) is 1.65. The number of halogens is 1. The maximum Gasteiger partial charge on any atom is 0.138 e. The van der Waals surface area contributed by atoms with E-state index in [1.807, 2.05) is 18.2 Å². The Morgan fingerprint density at radius 2 is 2.29 bits per heavy atom. The number of H-pyrrole nitrogens is 1. The van der Waals surface area contributed by atoms with Gasteiger partial charge < -0.3 is 9.72 Å². The van der Waals surface area contributed by atoms with Crippen LogP contribution in [0.15, 0.2) is 35.1 Å². The molecule has 0 unspecified atom stereocenters. The van der Waals surface area contributed by atoms with Crippen molar-refractivity contribution in [1.29, 1.82) is 0 Å². The number of nitrogens with zero attached hydrogens (tertiary/aromatic N) is 1. The normalized spacial score (nSPS) is 10.1. The van der Waals surface area contributed by atoms with Crippen LogP contribution in [0.4, 0.5) is 0 Å². The predicted molar refractivity (Wildman–Crippen MR) is 58.3 cm³/mol. The molecule has 2 rings (SSSR count). The van der Waals surface area contributed by atoms with E-state index >= 15 is 0 Å². The Morgan fingerprint density at radius 3 is 2.93 bits per heavy atom. The highest BCUT2D eigenvalue weighted by Gasteiger charge is 2.06. The van der Waals surface area contributed by atoms with Crippen molar-refractivity contribution in [2.24, 2.45) is 0 Å². The van der Waals surface area contributed by atoms with Crippen molar-refractivity contribution in [1.82, 2.24) is 9.97 Å².